The standard InChI is InChI=1S/C25H21ClFN4O6PS/c1-37-38(34)21-12-15(30-39(2,35)36)8-10-19(21)28-24(29-38)22-23(32)16-5-3-4-6-20(16)31(25(22)33)13-14-7-9-18(27)17(26)11-14/h3-12,30,32H,13H2,1-2H3,(H,28,29,34). The molecule has 3 aromatic carbocycles. The Morgan fingerprint density at radius 2 is 1.92 bits per heavy atom. The van der Waals surface area contributed by atoms with Crippen LogP contribution in [0, 0.1) is 5.82 Å². The molecule has 0 spiro atoms. The molecular formula is C25H21ClFN4O6PS. The summed E-state index contributed by atoms with van der Waals surface area (Å²) >= 11 is 5.94. The molecule has 0 saturated carbocycles. The van der Waals surface area contributed by atoms with Crippen molar-refractivity contribution in [3.63, 3.8) is 0 Å². The number of rotatable bonds is 6. The number of para-hydroxylation sites is 1. The Bertz CT molecular complexity index is 1910. The molecule has 5 rings (SSSR count). The number of hydrogen-bond donors (Lipinski definition) is 3. The first-order valence-electron chi connectivity index (χ1n) is 11.3. The van der Waals surface area contributed by atoms with Gasteiger partial charge in [-0.2, -0.15) is 4.76 Å². The van der Waals surface area contributed by atoms with Crippen molar-refractivity contribution >= 4 is 62.6 Å². The lowest BCUT2D eigenvalue weighted by atomic mass is 10.1. The molecule has 4 aromatic rings. The van der Waals surface area contributed by atoms with Crippen molar-refractivity contribution in [1.82, 2.24) is 4.57 Å². The molecule has 1 aromatic heterocycles. The van der Waals surface area contributed by atoms with Crippen LogP contribution in [0.2, 0.25) is 5.02 Å². The Hall–Kier alpha value is -3.70. The highest BCUT2D eigenvalue weighted by atomic mass is 35.5. The van der Waals surface area contributed by atoms with E-state index >= 15 is 0 Å². The molecule has 39 heavy (non-hydrogen) atoms. The molecule has 202 valence electrons. The Labute approximate surface area is 227 Å². The predicted molar refractivity (Wildman–Crippen MR) is 150 cm³/mol. The average molecular weight is 591 g/mol. The number of aromatic nitrogens is 1. The summed E-state index contributed by atoms with van der Waals surface area (Å²) in [6.45, 7) is -0.0149. The van der Waals surface area contributed by atoms with Gasteiger partial charge < -0.3 is 19.5 Å². The van der Waals surface area contributed by atoms with Crippen LogP contribution in [-0.2, 0) is 25.7 Å². The van der Waals surface area contributed by atoms with Crippen LogP contribution in [0.4, 0.5) is 15.8 Å². The molecule has 1 aliphatic rings. The maximum absolute atomic E-state index is 13.8. The van der Waals surface area contributed by atoms with E-state index in [1.54, 1.807) is 24.3 Å². The maximum Gasteiger partial charge on any atom is 0.348 e. The van der Waals surface area contributed by atoms with Crippen LogP contribution in [0.25, 0.3) is 10.9 Å². The average Bonchev–Trinajstić information content (AvgIpc) is 2.88. The van der Waals surface area contributed by atoms with E-state index in [4.69, 9.17) is 16.1 Å². The quantitative estimate of drug-likeness (QED) is 0.285. The van der Waals surface area contributed by atoms with Crippen LogP contribution in [0.15, 0.2) is 70.2 Å². The minimum absolute atomic E-state index is 0.0149. The lowest BCUT2D eigenvalue weighted by Gasteiger charge is -2.25. The molecule has 2 heterocycles. The lowest BCUT2D eigenvalue weighted by Crippen LogP contribution is -2.33. The Morgan fingerprint density at radius 1 is 1.18 bits per heavy atom. The third kappa shape index (κ3) is 5.04. The van der Waals surface area contributed by atoms with Gasteiger partial charge in [0.1, 0.15) is 17.1 Å². The molecule has 1 atom stereocenters. The summed E-state index contributed by atoms with van der Waals surface area (Å²) in [6, 6.07) is 14.9. The highest BCUT2D eigenvalue weighted by molar-refractivity contribution is 7.92. The van der Waals surface area contributed by atoms with Gasteiger partial charge in [0.25, 0.3) is 5.56 Å². The normalized spacial score (nSPS) is 16.9. The smallest absolute Gasteiger partial charge is 0.348 e. The molecular weight excluding hydrogens is 570 g/mol. The number of amidine groups is 1. The molecule has 3 N–H and O–H groups in total. The van der Waals surface area contributed by atoms with Crippen LogP contribution in [0.5, 0.6) is 5.75 Å². The van der Waals surface area contributed by atoms with Crippen molar-refractivity contribution in [2.45, 2.75) is 6.54 Å². The molecule has 1 unspecified atom stereocenters. The van der Waals surface area contributed by atoms with Gasteiger partial charge in [-0.15, -0.1) is 0 Å². The number of halogens is 2. The fourth-order valence-electron chi connectivity index (χ4n) is 4.32. The number of pyridine rings is 1. The van der Waals surface area contributed by atoms with Crippen molar-refractivity contribution in [3.05, 3.63) is 93.0 Å². The van der Waals surface area contributed by atoms with E-state index in [1.165, 1.54) is 48.1 Å². The third-order valence-corrected chi connectivity index (χ3v) is 8.88. The topological polar surface area (TPSA) is 139 Å². The highest BCUT2D eigenvalue weighted by Gasteiger charge is 2.35. The van der Waals surface area contributed by atoms with Crippen molar-refractivity contribution in [2.24, 2.45) is 4.76 Å². The summed E-state index contributed by atoms with van der Waals surface area (Å²) in [5.74, 6) is -1.19. The molecule has 0 saturated heterocycles. The number of nitrogens with one attached hydrogen (secondary N) is 2. The van der Waals surface area contributed by atoms with Crippen LogP contribution < -0.4 is 20.9 Å². The predicted octanol–water partition coefficient (Wildman–Crippen LogP) is 4.26. The van der Waals surface area contributed by atoms with Gasteiger partial charge >= 0.3 is 7.52 Å². The van der Waals surface area contributed by atoms with Gasteiger partial charge in [0.2, 0.25) is 10.0 Å². The monoisotopic (exact) mass is 590 g/mol. The summed E-state index contributed by atoms with van der Waals surface area (Å²) in [5, 5.41) is 14.4. The van der Waals surface area contributed by atoms with E-state index in [0.717, 1.165) is 6.26 Å². The first kappa shape index (κ1) is 26.9. The van der Waals surface area contributed by atoms with Gasteiger partial charge in [-0.3, -0.25) is 14.1 Å². The number of anilines is 2. The van der Waals surface area contributed by atoms with E-state index < -0.39 is 34.7 Å². The van der Waals surface area contributed by atoms with Crippen molar-refractivity contribution in [2.75, 3.05) is 23.4 Å². The largest absolute Gasteiger partial charge is 0.506 e. The van der Waals surface area contributed by atoms with Crippen molar-refractivity contribution in [3.8, 4) is 5.75 Å². The second-order valence-corrected chi connectivity index (χ2v) is 13.0. The number of aromatic hydroxyl groups is 1. The van der Waals surface area contributed by atoms with Crippen LogP contribution >= 0.6 is 19.1 Å². The summed E-state index contributed by atoms with van der Waals surface area (Å²) in [6.07, 6.45) is 0.976. The van der Waals surface area contributed by atoms with Crippen molar-refractivity contribution < 1.29 is 27.0 Å². The zero-order chi connectivity index (χ0) is 28.1. The number of nitrogens with zero attached hydrogens (tertiary/aromatic N) is 2. The van der Waals surface area contributed by atoms with Crippen LogP contribution in [0.1, 0.15) is 11.1 Å². The Morgan fingerprint density at radius 3 is 2.62 bits per heavy atom. The summed E-state index contributed by atoms with van der Waals surface area (Å²) < 4.78 is 64.0. The maximum atomic E-state index is 13.8. The zero-order valence-electron chi connectivity index (χ0n) is 20.5. The van der Waals surface area contributed by atoms with E-state index in [1.807, 2.05) is 0 Å². The second kappa shape index (κ2) is 9.80. The second-order valence-electron chi connectivity index (χ2n) is 8.76. The zero-order valence-corrected chi connectivity index (χ0v) is 22.9. The lowest BCUT2D eigenvalue weighted by molar-refractivity contribution is 0.404. The SMILES string of the molecule is COP1(=O)N=C(c2c(O)c3ccccc3n(Cc3ccc(F)c(Cl)c3)c2=O)Nc2ccc(NS(C)(=O)=O)cc21. The van der Waals surface area contributed by atoms with E-state index in [-0.39, 0.29) is 39.6 Å². The van der Waals surface area contributed by atoms with Gasteiger partial charge in [-0.05, 0) is 48.0 Å². The van der Waals surface area contributed by atoms with E-state index in [9.17, 15) is 27.3 Å². The van der Waals surface area contributed by atoms with Gasteiger partial charge in [0, 0.05) is 18.2 Å². The Balaban J connectivity index is 1.69. The van der Waals surface area contributed by atoms with Crippen LogP contribution in [-0.4, -0.2) is 37.3 Å². The molecule has 0 bridgehead atoms. The molecule has 0 fully saturated rings. The van der Waals surface area contributed by atoms with E-state index in [2.05, 4.69) is 14.8 Å². The fraction of sp³-hybridized carbons (Fsp3) is 0.120. The minimum Gasteiger partial charge on any atom is -0.506 e. The summed E-state index contributed by atoms with van der Waals surface area (Å²) in [4.78, 5) is 13.8. The van der Waals surface area contributed by atoms with Gasteiger partial charge in [0.15, 0.2) is 5.84 Å². The third-order valence-electron chi connectivity index (χ3n) is 6.04. The molecule has 10 nitrogen and oxygen atoms in total. The highest BCUT2D eigenvalue weighted by Crippen LogP contribution is 2.52. The van der Waals surface area contributed by atoms with Gasteiger partial charge in [0.05, 0.1) is 34.3 Å². The summed E-state index contributed by atoms with van der Waals surface area (Å²) in [5.41, 5.74) is 0.383. The molecule has 0 aliphatic carbocycles. The van der Waals surface area contributed by atoms with Gasteiger partial charge in [-0.1, -0.05) is 29.8 Å². The molecule has 0 radical (unpaired) electrons. The van der Waals surface area contributed by atoms with Crippen LogP contribution in [0.3, 0.4) is 0 Å². The van der Waals surface area contributed by atoms with Gasteiger partial charge in [-0.25, -0.2) is 12.8 Å². The number of benzene rings is 3. The summed E-state index contributed by atoms with van der Waals surface area (Å²) in [7, 11) is -6.46. The first-order valence-corrected chi connectivity index (χ1v) is 15.2. The number of sulfonamides is 1. The fourth-order valence-corrected chi connectivity index (χ4v) is 6.61. The van der Waals surface area contributed by atoms with E-state index in [0.29, 0.717) is 16.5 Å². The first-order chi connectivity index (χ1) is 18.4. The molecule has 1 aliphatic heterocycles. The molecule has 14 heteroatoms. The number of fused-ring (bicyclic) bond motifs is 2. The van der Waals surface area contributed by atoms with Crippen molar-refractivity contribution in [1.29, 1.82) is 0 Å². The molecule has 0 amide bonds. The minimum atomic E-state index is -4.02. The number of hydrogen-bond acceptors (Lipinski definition) is 7. The Kier molecular flexibility index (Phi) is 6.76.